The topological polar surface area (TPSA) is 42.0 Å². The van der Waals surface area contributed by atoms with E-state index >= 15 is 0 Å². The maximum atomic E-state index is 12.2. The van der Waals surface area contributed by atoms with Gasteiger partial charge in [-0.15, -0.1) is 0 Å². The average molecular weight is 376 g/mol. The quantitative estimate of drug-likeness (QED) is 0.712. The number of carbonyl (C=O) groups excluding carboxylic acids is 1. The summed E-state index contributed by atoms with van der Waals surface area (Å²) in [7, 11) is 0. The second-order valence-corrected chi connectivity index (χ2v) is 6.14. The second kappa shape index (κ2) is 6.46. The van der Waals surface area contributed by atoms with Gasteiger partial charge < -0.3 is 5.32 Å². The summed E-state index contributed by atoms with van der Waals surface area (Å²) in [5.74, 6) is -0.0865. The van der Waals surface area contributed by atoms with Gasteiger partial charge in [-0.3, -0.25) is 9.78 Å². The van der Waals surface area contributed by atoms with Crippen LogP contribution in [0.4, 0.5) is 5.69 Å². The SMILES string of the molecule is O=C(Cc1ccc(Cl)cc1)Nc1ccc(Br)c2cccnc12. The number of rotatable bonds is 3. The number of benzene rings is 2. The van der Waals surface area contributed by atoms with Gasteiger partial charge in [0, 0.05) is 21.1 Å². The number of aromatic nitrogens is 1. The largest absolute Gasteiger partial charge is 0.324 e. The lowest BCUT2D eigenvalue weighted by atomic mass is 10.1. The number of anilines is 1. The van der Waals surface area contributed by atoms with Crippen LogP contribution in [-0.4, -0.2) is 10.9 Å². The third kappa shape index (κ3) is 3.29. The number of nitrogens with one attached hydrogen (secondary N) is 1. The van der Waals surface area contributed by atoms with Crippen LogP contribution in [0.1, 0.15) is 5.56 Å². The van der Waals surface area contributed by atoms with E-state index in [1.165, 1.54) is 0 Å². The molecule has 0 saturated heterocycles. The molecular formula is C17H12BrClN2O. The van der Waals surface area contributed by atoms with E-state index in [4.69, 9.17) is 11.6 Å². The van der Waals surface area contributed by atoms with Gasteiger partial charge in [-0.25, -0.2) is 0 Å². The van der Waals surface area contributed by atoms with Gasteiger partial charge in [-0.1, -0.05) is 45.7 Å². The monoisotopic (exact) mass is 374 g/mol. The first-order chi connectivity index (χ1) is 10.6. The van der Waals surface area contributed by atoms with Crippen molar-refractivity contribution < 1.29 is 4.79 Å². The normalized spacial score (nSPS) is 10.6. The molecule has 3 aromatic rings. The highest BCUT2D eigenvalue weighted by atomic mass is 79.9. The van der Waals surface area contributed by atoms with E-state index in [1.54, 1.807) is 18.3 Å². The summed E-state index contributed by atoms with van der Waals surface area (Å²) in [6.45, 7) is 0. The molecule has 0 radical (unpaired) electrons. The standard InChI is InChI=1S/C17H12BrClN2O/c18-14-7-8-15(17-13(14)2-1-9-20-17)21-16(22)10-11-3-5-12(19)6-4-11/h1-9H,10H2,(H,21,22). The molecule has 0 atom stereocenters. The van der Waals surface area contributed by atoms with Gasteiger partial charge in [0.2, 0.25) is 5.91 Å². The van der Waals surface area contributed by atoms with E-state index in [2.05, 4.69) is 26.2 Å². The van der Waals surface area contributed by atoms with E-state index in [-0.39, 0.29) is 5.91 Å². The summed E-state index contributed by atoms with van der Waals surface area (Å²) >= 11 is 9.34. The molecule has 0 saturated carbocycles. The number of amides is 1. The number of pyridine rings is 1. The van der Waals surface area contributed by atoms with Gasteiger partial charge in [0.25, 0.3) is 0 Å². The smallest absolute Gasteiger partial charge is 0.228 e. The molecule has 3 rings (SSSR count). The molecule has 1 amide bonds. The Hall–Kier alpha value is -1.91. The predicted octanol–water partition coefficient (Wildman–Crippen LogP) is 4.83. The first kappa shape index (κ1) is 15.0. The molecule has 0 aliphatic heterocycles. The molecule has 3 nitrogen and oxygen atoms in total. The highest BCUT2D eigenvalue weighted by Gasteiger charge is 2.09. The fourth-order valence-electron chi connectivity index (χ4n) is 2.22. The minimum absolute atomic E-state index is 0.0865. The van der Waals surface area contributed by atoms with Crippen molar-refractivity contribution in [1.82, 2.24) is 4.98 Å². The minimum Gasteiger partial charge on any atom is -0.324 e. The number of carbonyl (C=O) groups is 1. The van der Waals surface area contributed by atoms with Crippen LogP contribution < -0.4 is 5.32 Å². The van der Waals surface area contributed by atoms with Crippen molar-refractivity contribution in [2.75, 3.05) is 5.32 Å². The Morgan fingerprint density at radius 3 is 2.68 bits per heavy atom. The van der Waals surface area contributed by atoms with Crippen molar-refractivity contribution in [3.05, 3.63) is 69.8 Å². The van der Waals surface area contributed by atoms with E-state index in [0.29, 0.717) is 17.1 Å². The Morgan fingerprint density at radius 2 is 1.91 bits per heavy atom. The third-order valence-electron chi connectivity index (χ3n) is 3.27. The van der Waals surface area contributed by atoms with E-state index in [1.807, 2.05) is 36.4 Å². The van der Waals surface area contributed by atoms with Gasteiger partial charge in [0.05, 0.1) is 17.6 Å². The third-order valence-corrected chi connectivity index (χ3v) is 4.21. The summed E-state index contributed by atoms with van der Waals surface area (Å²) in [6.07, 6.45) is 2.01. The molecule has 0 unspecified atom stereocenters. The van der Waals surface area contributed by atoms with Crippen molar-refractivity contribution in [3.8, 4) is 0 Å². The number of halogens is 2. The van der Waals surface area contributed by atoms with E-state index in [9.17, 15) is 4.79 Å². The van der Waals surface area contributed by atoms with Crippen LogP contribution in [0, 0.1) is 0 Å². The zero-order valence-corrected chi connectivity index (χ0v) is 13.9. The maximum absolute atomic E-state index is 12.2. The molecule has 5 heteroatoms. The van der Waals surface area contributed by atoms with Crippen LogP contribution in [0.25, 0.3) is 10.9 Å². The van der Waals surface area contributed by atoms with Crippen LogP contribution in [0.15, 0.2) is 59.2 Å². The van der Waals surface area contributed by atoms with Crippen LogP contribution in [0.5, 0.6) is 0 Å². The summed E-state index contributed by atoms with van der Waals surface area (Å²) in [6, 6.07) is 14.8. The van der Waals surface area contributed by atoms with Crippen molar-refractivity contribution in [2.45, 2.75) is 6.42 Å². The van der Waals surface area contributed by atoms with E-state index in [0.717, 1.165) is 20.9 Å². The second-order valence-electron chi connectivity index (χ2n) is 4.85. The van der Waals surface area contributed by atoms with Crippen molar-refractivity contribution in [1.29, 1.82) is 0 Å². The van der Waals surface area contributed by atoms with Gasteiger partial charge in [0.1, 0.15) is 0 Å². The minimum atomic E-state index is -0.0865. The van der Waals surface area contributed by atoms with Crippen molar-refractivity contribution in [3.63, 3.8) is 0 Å². The first-order valence-electron chi connectivity index (χ1n) is 6.71. The lowest BCUT2D eigenvalue weighted by Gasteiger charge is -2.09. The molecule has 110 valence electrons. The predicted molar refractivity (Wildman–Crippen MR) is 93.2 cm³/mol. The number of nitrogens with zero attached hydrogens (tertiary/aromatic N) is 1. The number of hydrogen-bond donors (Lipinski definition) is 1. The molecule has 2 aromatic carbocycles. The Morgan fingerprint density at radius 1 is 1.14 bits per heavy atom. The van der Waals surface area contributed by atoms with Gasteiger partial charge in [0.15, 0.2) is 0 Å². The molecule has 1 aromatic heterocycles. The molecule has 1 N–H and O–H groups in total. The molecule has 0 fully saturated rings. The summed E-state index contributed by atoms with van der Waals surface area (Å²) in [5.41, 5.74) is 2.38. The fraction of sp³-hybridized carbons (Fsp3) is 0.0588. The highest BCUT2D eigenvalue weighted by Crippen LogP contribution is 2.28. The van der Waals surface area contributed by atoms with Crippen LogP contribution >= 0.6 is 27.5 Å². The lowest BCUT2D eigenvalue weighted by Crippen LogP contribution is -2.14. The van der Waals surface area contributed by atoms with Gasteiger partial charge in [-0.2, -0.15) is 0 Å². The maximum Gasteiger partial charge on any atom is 0.228 e. The van der Waals surface area contributed by atoms with Gasteiger partial charge >= 0.3 is 0 Å². The van der Waals surface area contributed by atoms with Crippen molar-refractivity contribution >= 4 is 50.0 Å². The van der Waals surface area contributed by atoms with Gasteiger partial charge in [-0.05, 0) is 35.9 Å². The Labute approximate surface area is 141 Å². The zero-order valence-electron chi connectivity index (χ0n) is 11.5. The Balaban J connectivity index is 1.82. The molecular weight excluding hydrogens is 364 g/mol. The zero-order chi connectivity index (χ0) is 15.5. The Kier molecular flexibility index (Phi) is 4.41. The summed E-state index contributed by atoms with van der Waals surface area (Å²) < 4.78 is 0.950. The molecule has 0 spiro atoms. The highest BCUT2D eigenvalue weighted by molar-refractivity contribution is 9.10. The van der Waals surface area contributed by atoms with Crippen molar-refractivity contribution in [2.24, 2.45) is 0 Å². The first-order valence-corrected chi connectivity index (χ1v) is 7.88. The lowest BCUT2D eigenvalue weighted by molar-refractivity contribution is -0.115. The van der Waals surface area contributed by atoms with Crippen LogP contribution in [-0.2, 0) is 11.2 Å². The molecule has 0 aliphatic rings. The fourth-order valence-corrected chi connectivity index (χ4v) is 2.80. The van der Waals surface area contributed by atoms with E-state index < -0.39 is 0 Å². The summed E-state index contributed by atoms with van der Waals surface area (Å²) in [5, 5.41) is 4.54. The average Bonchev–Trinajstić information content (AvgIpc) is 2.53. The number of fused-ring (bicyclic) bond motifs is 1. The molecule has 22 heavy (non-hydrogen) atoms. The van der Waals surface area contributed by atoms with Crippen LogP contribution in [0.3, 0.4) is 0 Å². The molecule has 1 heterocycles. The molecule has 0 aliphatic carbocycles. The molecule has 0 bridgehead atoms. The van der Waals surface area contributed by atoms with Crippen LogP contribution in [0.2, 0.25) is 5.02 Å². The summed E-state index contributed by atoms with van der Waals surface area (Å²) in [4.78, 5) is 16.6. The number of hydrogen-bond acceptors (Lipinski definition) is 2. The Bertz CT molecular complexity index is 834.